The summed E-state index contributed by atoms with van der Waals surface area (Å²) in [5, 5.41) is 17.4. The second-order valence-corrected chi connectivity index (χ2v) is 9.69. The van der Waals surface area contributed by atoms with Crippen LogP contribution in [0.1, 0.15) is 57.2 Å². The number of hydrogen-bond donors (Lipinski definition) is 3. The predicted molar refractivity (Wildman–Crippen MR) is 134 cm³/mol. The molecule has 0 bridgehead atoms. The average Bonchev–Trinajstić information content (AvgIpc) is 3.25. The van der Waals surface area contributed by atoms with Crippen LogP contribution in [0.15, 0.2) is 29.6 Å². The lowest BCUT2D eigenvalue weighted by Gasteiger charge is -2.32. The van der Waals surface area contributed by atoms with E-state index in [1.54, 1.807) is 5.38 Å². The lowest BCUT2D eigenvalue weighted by molar-refractivity contribution is -0.136. The molecule has 8 heteroatoms. The van der Waals surface area contributed by atoms with Crippen molar-refractivity contribution < 1.29 is 14.7 Å². The lowest BCUT2D eigenvalue weighted by atomic mass is 9.94. The highest BCUT2D eigenvalue weighted by atomic mass is 32.1. The molecule has 2 aromatic rings. The number of likely N-dealkylation sites (tertiary alicyclic amines) is 1. The van der Waals surface area contributed by atoms with Crippen molar-refractivity contribution in [2.75, 3.05) is 30.3 Å². The molecule has 2 heterocycles. The van der Waals surface area contributed by atoms with Crippen LogP contribution in [0.4, 0.5) is 15.6 Å². The Bertz CT molecular complexity index is 905. The average molecular weight is 473 g/mol. The molecule has 1 aromatic carbocycles. The zero-order chi connectivity index (χ0) is 23.6. The Balaban J connectivity index is 1.43. The number of hydrogen-bond acceptors (Lipinski definition) is 5. The Hall–Kier alpha value is -2.61. The first kappa shape index (κ1) is 25.0. The van der Waals surface area contributed by atoms with Crippen molar-refractivity contribution in [3.63, 3.8) is 0 Å². The first-order chi connectivity index (χ1) is 16.0. The summed E-state index contributed by atoms with van der Waals surface area (Å²) in [5.41, 5.74) is 3.10. The molecule has 1 aliphatic rings. The third-order valence-electron chi connectivity index (χ3n) is 6.57. The Morgan fingerprint density at radius 3 is 2.64 bits per heavy atom. The highest BCUT2D eigenvalue weighted by Crippen LogP contribution is 2.24. The van der Waals surface area contributed by atoms with Gasteiger partial charge in [0.1, 0.15) is 0 Å². The number of para-hydroxylation sites is 1. The molecule has 0 radical (unpaired) electrons. The predicted octanol–water partition coefficient (Wildman–Crippen LogP) is 5.50. The van der Waals surface area contributed by atoms with Crippen LogP contribution in [0.2, 0.25) is 0 Å². The second-order valence-electron chi connectivity index (χ2n) is 8.83. The van der Waals surface area contributed by atoms with Crippen molar-refractivity contribution in [1.82, 2.24) is 9.88 Å². The number of nitrogens with one attached hydrogen (secondary N) is 2. The van der Waals surface area contributed by atoms with E-state index in [2.05, 4.69) is 53.7 Å². The zero-order valence-corrected chi connectivity index (χ0v) is 20.5. The van der Waals surface area contributed by atoms with E-state index in [0.29, 0.717) is 29.8 Å². The molecular weight excluding hydrogens is 436 g/mol. The van der Waals surface area contributed by atoms with Gasteiger partial charge >= 0.3 is 12.0 Å². The fourth-order valence-corrected chi connectivity index (χ4v) is 5.03. The van der Waals surface area contributed by atoms with Crippen molar-refractivity contribution in [3.8, 4) is 0 Å². The number of aliphatic carboxylic acids is 1. The van der Waals surface area contributed by atoms with Crippen molar-refractivity contribution in [2.24, 2.45) is 11.8 Å². The van der Waals surface area contributed by atoms with Crippen LogP contribution in [-0.4, -0.2) is 46.6 Å². The third kappa shape index (κ3) is 7.74. The summed E-state index contributed by atoms with van der Waals surface area (Å²) < 4.78 is 0. The molecule has 2 amide bonds. The van der Waals surface area contributed by atoms with Crippen LogP contribution in [0.3, 0.4) is 0 Å². The van der Waals surface area contributed by atoms with Crippen molar-refractivity contribution in [2.45, 2.75) is 58.8 Å². The minimum Gasteiger partial charge on any atom is -0.481 e. The Labute approximate surface area is 200 Å². The third-order valence-corrected chi connectivity index (χ3v) is 7.38. The summed E-state index contributed by atoms with van der Waals surface area (Å²) in [6.07, 6.45) is 6.60. The van der Waals surface area contributed by atoms with Gasteiger partial charge in [0.05, 0.1) is 12.1 Å². The van der Waals surface area contributed by atoms with Crippen molar-refractivity contribution in [1.29, 1.82) is 0 Å². The van der Waals surface area contributed by atoms with Gasteiger partial charge in [0.2, 0.25) is 0 Å². The standard InChI is InChI=1S/C25H36N4O3S/c1-3-18(4-2)9-10-20-7-5-6-8-22(20)26-16-19-11-13-29(14-12-19)25(32)28-24-27-21(17-33-24)15-23(30)31/h5-8,17-19,26H,3-4,9-16H2,1-2H3,(H,30,31)(H,27,28,32). The molecular formula is C25H36N4O3S. The molecule has 0 atom stereocenters. The molecule has 33 heavy (non-hydrogen) atoms. The fourth-order valence-electron chi connectivity index (χ4n) is 4.33. The van der Waals surface area contributed by atoms with Gasteiger partial charge < -0.3 is 15.3 Å². The van der Waals surface area contributed by atoms with Crippen molar-refractivity contribution in [3.05, 3.63) is 40.9 Å². The van der Waals surface area contributed by atoms with Crippen LogP contribution >= 0.6 is 11.3 Å². The number of amides is 2. The van der Waals surface area contributed by atoms with E-state index < -0.39 is 5.97 Å². The number of aromatic nitrogens is 1. The summed E-state index contributed by atoms with van der Waals surface area (Å²) >= 11 is 1.26. The molecule has 1 saturated heterocycles. The maximum Gasteiger partial charge on any atom is 0.323 e. The summed E-state index contributed by atoms with van der Waals surface area (Å²) in [6, 6.07) is 8.47. The Morgan fingerprint density at radius 1 is 1.21 bits per heavy atom. The maximum absolute atomic E-state index is 12.6. The summed E-state index contributed by atoms with van der Waals surface area (Å²) in [7, 11) is 0. The Morgan fingerprint density at radius 2 is 1.94 bits per heavy atom. The molecule has 1 aliphatic heterocycles. The number of carboxylic acid groups (broad SMARTS) is 1. The van der Waals surface area contributed by atoms with Crippen LogP contribution in [-0.2, 0) is 17.6 Å². The molecule has 1 aromatic heterocycles. The van der Waals surface area contributed by atoms with Crippen molar-refractivity contribution >= 4 is 34.2 Å². The van der Waals surface area contributed by atoms with Crippen LogP contribution in [0.25, 0.3) is 0 Å². The number of aryl methyl sites for hydroxylation is 1. The molecule has 3 rings (SSSR count). The van der Waals surface area contributed by atoms with Gasteiger partial charge in [-0.3, -0.25) is 10.1 Å². The normalized spacial score (nSPS) is 14.5. The van der Waals surface area contributed by atoms with Gasteiger partial charge in [-0.15, -0.1) is 11.3 Å². The number of carbonyl (C=O) groups excluding carboxylic acids is 1. The minimum absolute atomic E-state index is 0.133. The van der Waals surface area contributed by atoms with E-state index in [0.717, 1.165) is 31.7 Å². The SMILES string of the molecule is CCC(CC)CCc1ccccc1NCC1CCN(C(=O)Nc2nc(CC(=O)O)cs2)CC1. The van der Waals surface area contributed by atoms with Gasteiger partial charge in [-0.1, -0.05) is 44.9 Å². The van der Waals surface area contributed by atoms with Gasteiger partial charge in [0.25, 0.3) is 0 Å². The quantitative estimate of drug-likeness (QED) is 0.402. The van der Waals surface area contributed by atoms with E-state index in [9.17, 15) is 9.59 Å². The van der Waals surface area contributed by atoms with E-state index in [1.165, 1.54) is 41.9 Å². The van der Waals surface area contributed by atoms with Crippen LogP contribution in [0, 0.1) is 11.8 Å². The monoisotopic (exact) mass is 472 g/mol. The second kappa shape index (κ2) is 12.6. The molecule has 0 aliphatic carbocycles. The number of benzene rings is 1. The number of rotatable bonds is 11. The number of urea groups is 1. The summed E-state index contributed by atoms with van der Waals surface area (Å²) in [5.74, 6) is 0.396. The fraction of sp³-hybridized carbons (Fsp3) is 0.560. The summed E-state index contributed by atoms with van der Waals surface area (Å²) in [6.45, 7) is 6.89. The summed E-state index contributed by atoms with van der Waals surface area (Å²) in [4.78, 5) is 29.3. The largest absolute Gasteiger partial charge is 0.481 e. The van der Waals surface area contributed by atoms with Crippen LogP contribution in [0.5, 0.6) is 0 Å². The van der Waals surface area contributed by atoms with E-state index in [-0.39, 0.29) is 12.5 Å². The molecule has 3 N–H and O–H groups in total. The first-order valence-electron chi connectivity index (χ1n) is 12.0. The van der Waals surface area contributed by atoms with Crippen LogP contribution < -0.4 is 10.6 Å². The van der Waals surface area contributed by atoms with E-state index in [1.807, 2.05) is 4.90 Å². The molecule has 0 unspecified atom stereocenters. The van der Waals surface area contributed by atoms with E-state index in [4.69, 9.17) is 5.11 Å². The number of carboxylic acids is 1. The topological polar surface area (TPSA) is 94.6 Å². The maximum atomic E-state index is 12.6. The smallest absolute Gasteiger partial charge is 0.323 e. The molecule has 0 spiro atoms. The molecule has 180 valence electrons. The number of anilines is 2. The van der Waals surface area contributed by atoms with Gasteiger partial charge in [-0.2, -0.15) is 0 Å². The number of piperidine rings is 1. The number of nitrogens with zero attached hydrogens (tertiary/aromatic N) is 2. The zero-order valence-electron chi connectivity index (χ0n) is 19.7. The number of carbonyl (C=O) groups is 2. The number of thiazole rings is 1. The lowest BCUT2D eigenvalue weighted by Crippen LogP contribution is -2.42. The van der Waals surface area contributed by atoms with Gasteiger partial charge in [0, 0.05) is 30.7 Å². The highest BCUT2D eigenvalue weighted by molar-refractivity contribution is 7.13. The van der Waals surface area contributed by atoms with Gasteiger partial charge in [-0.25, -0.2) is 9.78 Å². The Kier molecular flexibility index (Phi) is 9.54. The van der Waals surface area contributed by atoms with Gasteiger partial charge in [0.15, 0.2) is 5.13 Å². The van der Waals surface area contributed by atoms with Gasteiger partial charge in [-0.05, 0) is 49.1 Å². The molecule has 7 nitrogen and oxygen atoms in total. The molecule has 1 fully saturated rings. The van der Waals surface area contributed by atoms with E-state index >= 15 is 0 Å². The first-order valence-corrected chi connectivity index (χ1v) is 12.9. The molecule has 0 saturated carbocycles. The minimum atomic E-state index is -0.928. The highest BCUT2D eigenvalue weighted by Gasteiger charge is 2.23.